The van der Waals surface area contributed by atoms with Crippen LogP contribution in [0, 0.1) is 11.6 Å². The topological polar surface area (TPSA) is 72.1 Å². The van der Waals surface area contributed by atoms with Gasteiger partial charge in [0.1, 0.15) is 5.82 Å². The van der Waals surface area contributed by atoms with Crippen molar-refractivity contribution in [3.05, 3.63) is 41.8 Å². The Hall–Kier alpha value is -2.38. The summed E-state index contributed by atoms with van der Waals surface area (Å²) in [6, 6.07) is 0.265. The first-order chi connectivity index (χ1) is 10.7. The minimum Gasteiger partial charge on any atom is -0.343 e. The maximum atomic E-state index is 13.8. The molecule has 2 aromatic rings. The fourth-order valence-electron chi connectivity index (χ4n) is 2.65. The summed E-state index contributed by atoms with van der Waals surface area (Å²) in [5.74, 6) is -1.99. The molecule has 8 heteroatoms. The summed E-state index contributed by atoms with van der Waals surface area (Å²) >= 11 is 0. The van der Waals surface area contributed by atoms with Crippen molar-refractivity contribution in [2.24, 2.45) is 0 Å². The molecule has 0 radical (unpaired) electrons. The van der Waals surface area contributed by atoms with Crippen molar-refractivity contribution >= 4 is 5.91 Å². The lowest BCUT2D eigenvalue weighted by Gasteiger charge is -2.27. The van der Waals surface area contributed by atoms with E-state index in [0.29, 0.717) is 24.9 Å². The Balaban J connectivity index is 1.93. The Kier molecular flexibility index (Phi) is 4.08. The number of carbonyl (C=O) groups excluding carboxylic acids is 1. The highest BCUT2D eigenvalue weighted by Crippen LogP contribution is 2.29. The van der Waals surface area contributed by atoms with E-state index < -0.39 is 23.2 Å². The van der Waals surface area contributed by atoms with Crippen LogP contribution in [0.3, 0.4) is 0 Å². The van der Waals surface area contributed by atoms with Gasteiger partial charge in [0.15, 0.2) is 17.3 Å². The van der Waals surface area contributed by atoms with Crippen molar-refractivity contribution in [3.8, 4) is 0 Å². The van der Waals surface area contributed by atoms with E-state index in [2.05, 4.69) is 15.1 Å². The first-order valence-corrected chi connectivity index (χ1v) is 7.05. The van der Waals surface area contributed by atoms with Gasteiger partial charge in [0.25, 0.3) is 5.91 Å². The van der Waals surface area contributed by atoms with Gasteiger partial charge in [0.05, 0.1) is 12.2 Å². The number of hydrogen-bond acceptors (Lipinski definition) is 5. The molecule has 1 aliphatic heterocycles. The number of halogens is 2. The second-order valence-electron chi connectivity index (χ2n) is 5.14. The molecule has 1 amide bonds. The molecular weight excluding hydrogens is 294 g/mol. The van der Waals surface area contributed by atoms with Gasteiger partial charge in [0.2, 0.25) is 6.39 Å². The minimum absolute atomic E-state index is 0.387. The average Bonchev–Trinajstić information content (AvgIpc) is 2.91. The minimum atomic E-state index is -0.971. The molecule has 0 aliphatic carbocycles. The van der Waals surface area contributed by atoms with Gasteiger partial charge >= 0.3 is 0 Å². The van der Waals surface area contributed by atoms with Crippen LogP contribution in [0.4, 0.5) is 8.78 Å². The Morgan fingerprint density at radius 1 is 1.27 bits per heavy atom. The van der Waals surface area contributed by atoms with Crippen LogP contribution in [0.2, 0.25) is 0 Å². The largest absolute Gasteiger partial charge is 0.343 e. The molecule has 0 N–H and O–H groups in total. The lowest BCUT2D eigenvalue weighted by atomic mass is 10.1. The van der Waals surface area contributed by atoms with Crippen LogP contribution < -0.4 is 0 Å². The zero-order valence-corrected chi connectivity index (χ0v) is 11.7. The Labute approximate surface area is 125 Å². The standard InChI is InChI=1S/C14H14F2N4O2/c15-9-6-10(16)12(17-7-9)14(21)20-5-3-1-2-4-11(20)13-18-8-22-19-13/h6-8,11H,1-5H2/t11-/m1/s1. The number of rotatable bonds is 2. The number of carbonyl (C=O) groups is 1. The highest BCUT2D eigenvalue weighted by atomic mass is 19.1. The Morgan fingerprint density at radius 2 is 2.14 bits per heavy atom. The van der Waals surface area contributed by atoms with Crippen molar-refractivity contribution in [3.63, 3.8) is 0 Å². The number of nitrogens with zero attached hydrogens (tertiary/aromatic N) is 4. The maximum absolute atomic E-state index is 13.8. The molecule has 1 aliphatic rings. The molecule has 6 nitrogen and oxygen atoms in total. The normalized spacial score (nSPS) is 19.0. The van der Waals surface area contributed by atoms with Gasteiger partial charge in [-0.2, -0.15) is 4.98 Å². The van der Waals surface area contributed by atoms with Crippen LogP contribution in [-0.2, 0) is 0 Å². The lowest BCUT2D eigenvalue weighted by Crippen LogP contribution is -2.36. The van der Waals surface area contributed by atoms with E-state index in [-0.39, 0.29) is 6.04 Å². The SMILES string of the molecule is O=C(c1ncc(F)cc1F)N1CCCCC[C@@H]1c1ncon1. The van der Waals surface area contributed by atoms with Crippen molar-refractivity contribution in [1.29, 1.82) is 0 Å². The van der Waals surface area contributed by atoms with E-state index in [9.17, 15) is 13.6 Å². The first kappa shape index (κ1) is 14.6. The van der Waals surface area contributed by atoms with E-state index in [0.717, 1.165) is 25.5 Å². The molecule has 0 aromatic carbocycles. The molecule has 116 valence electrons. The van der Waals surface area contributed by atoms with Crippen LogP contribution >= 0.6 is 0 Å². The molecule has 3 rings (SSSR count). The number of pyridine rings is 1. The number of hydrogen-bond donors (Lipinski definition) is 0. The molecule has 1 atom stereocenters. The molecule has 0 bridgehead atoms. The summed E-state index contributed by atoms with van der Waals surface area (Å²) in [4.78, 5) is 21.7. The predicted octanol–water partition coefficient (Wildman–Crippen LogP) is 2.50. The molecule has 0 saturated carbocycles. The zero-order chi connectivity index (χ0) is 15.5. The molecule has 1 fully saturated rings. The van der Waals surface area contributed by atoms with E-state index in [1.54, 1.807) is 0 Å². The molecule has 0 spiro atoms. The van der Waals surface area contributed by atoms with Gasteiger partial charge in [-0.05, 0) is 12.8 Å². The second-order valence-corrected chi connectivity index (χ2v) is 5.14. The third-order valence-electron chi connectivity index (χ3n) is 3.70. The summed E-state index contributed by atoms with van der Waals surface area (Å²) < 4.78 is 31.5. The molecule has 3 heterocycles. The molecule has 2 aromatic heterocycles. The molecular formula is C14H14F2N4O2. The van der Waals surface area contributed by atoms with Gasteiger partial charge < -0.3 is 9.42 Å². The van der Waals surface area contributed by atoms with E-state index in [1.165, 1.54) is 11.3 Å². The number of likely N-dealkylation sites (tertiary alicyclic amines) is 1. The summed E-state index contributed by atoms with van der Waals surface area (Å²) in [5, 5.41) is 3.79. The van der Waals surface area contributed by atoms with Crippen molar-refractivity contribution in [2.75, 3.05) is 6.54 Å². The van der Waals surface area contributed by atoms with Gasteiger partial charge in [0, 0.05) is 12.6 Å². The van der Waals surface area contributed by atoms with Gasteiger partial charge in [-0.3, -0.25) is 4.79 Å². The Morgan fingerprint density at radius 3 is 2.86 bits per heavy atom. The number of aromatic nitrogens is 3. The third-order valence-corrected chi connectivity index (χ3v) is 3.70. The van der Waals surface area contributed by atoms with Crippen molar-refractivity contribution in [1.82, 2.24) is 20.0 Å². The predicted molar refractivity (Wildman–Crippen MR) is 70.7 cm³/mol. The summed E-state index contributed by atoms with van der Waals surface area (Å²) in [5.41, 5.74) is -0.392. The van der Waals surface area contributed by atoms with Crippen LogP contribution in [0.1, 0.15) is 48.0 Å². The van der Waals surface area contributed by atoms with Gasteiger partial charge in [-0.25, -0.2) is 13.8 Å². The van der Waals surface area contributed by atoms with Gasteiger partial charge in [-0.1, -0.05) is 18.0 Å². The smallest absolute Gasteiger partial charge is 0.276 e. The molecule has 1 saturated heterocycles. The summed E-state index contributed by atoms with van der Waals surface area (Å²) in [6.07, 6.45) is 5.34. The van der Waals surface area contributed by atoms with Crippen molar-refractivity contribution in [2.45, 2.75) is 31.7 Å². The van der Waals surface area contributed by atoms with E-state index in [4.69, 9.17) is 4.52 Å². The van der Waals surface area contributed by atoms with Gasteiger partial charge in [-0.15, -0.1) is 0 Å². The second kappa shape index (κ2) is 6.17. The van der Waals surface area contributed by atoms with Crippen LogP contribution in [0.15, 0.2) is 23.2 Å². The highest BCUT2D eigenvalue weighted by molar-refractivity contribution is 5.92. The van der Waals surface area contributed by atoms with E-state index >= 15 is 0 Å². The monoisotopic (exact) mass is 308 g/mol. The highest BCUT2D eigenvalue weighted by Gasteiger charge is 2.32. The summed E-state index contributed by atoms with van der Waals surface area (Å²) in [6.45, 7) is 0.441. The Bertz CT molecular complexity index is 663. The zero-order valence-electron chi connectivity index (χ0n) is 11.7. The first-order valence-electron chi connectivity index (χ1n) is 7.05. The van der Waals surface area contributed by atoms with Crippen molar-refractivity contribution < 1.29 is 18.1 Å². The molecule has 0 unspecified atom stereocenters. The van der Waals surface area contributed by atoms with Crippen LogP contribution in [0.5, 0.6) is 0 Å². The fraction of sp³-hybridized carbons (Fsp3) is 0.429. The number of amides is 1. The lowest BCUT2D eigenvalue weighted by molar-refractivity contribution is 0.0658. The molecule has 22 heavy (non-hydrogen) atoms. The average molecular weight is 308 g/mol. The maximum Gasteiger partial charge on any atom is 0.276 e. The quantitative estimate of drug-likeness (QED) is 0.852. The van der Waals surface area contributed by atoms with Crippen LogP contribution in [-0.4, -0.2) is 32.5 Å². The summed E-state index contributed by atoms with van der Waals surface area (Å²) in [7, 11) is 0. The fourth-order valence-corrected chi connectivity index (χ4v) is 2.65. The van der Waals surface area contributed by atoms with Crippen LogP contribution in [0.25, 0.3) is 0 Å². The van der Waals surface area contributed by atoms with E-state index in [1.807, 2.05) is 0 Å². The third kappa shape index (κ3) is 2.81.